The molecule has 2 aromatic carbocycles. The van der Waals surface area contributed by atoms with E-state index in [1.165, 1.54) is 18.2 Å². The van der Waals surface area contributed by atoms with Gasteiger partial charge in [0.25, 0.3) is 11.8 Å². The van der Waals surface area contributed by atoms with E-state index in [1.807, 2.05) is 0 Å². The molecule has 6 heteroatoms. The Morgan fingerprint density at radius 3 is 2.41 bits per heavy atom. The summed E-state index contributed by atoms with van der Waals surface area (Å²) in [7, 11) is 0. The number of phenols is 2. The fourth-order valence-electron chi connectivity index (χ4n) is 2.13. The molecule has 110 valence electrons. The van der Waals surface area contributed by atoms with Crippen molar-refractivity contribution in [3.05, 3.63) is 59.7 Å². The van der Waals surface area contributed by atoms with Crippen LogP contribution in [0.15, 0.2) is 54.1 Å². The first-order valence-corrected chi connectivity index (χ1v) is 6.50. The summed E-state index contributed by atoms with van der Waals surface area (Å²) in [6.45, 7) is 0. The monoisotopic (exact) mass is 296 g/mol. The summed E-state index contributed by atoms with van der Waals surface area (Å²) in [5.74, 6) is -1.39. The number of carbonyl (C=O) groups excluding carboxylic acids is 2. The highest BCUT2D eigenvalue weighted by molar-refractivity contribution is 6.31. The third-order valence-corrected chi connectivity index (χ3v) is 3.22. The average molecular weight is 296 g/mol. The molecule has 22 heavy (non-hydrogen) atoms. The molecular weight excluding hydrogens is 284 g/mol. The van der Waals surface area contributed by atoms with Gasteiger partial charge in [-0.25, -0.2) is 5.01 Å². The van der Waals surface area contributed by atoms with Crippen LogP contribution < -0.4 is 10.4 Å². The van der Waals surface area contributed by atoms with Crippen LogP contribution in [-0.4, -0.2) is 22.0 Å². The lowest BCUT2D eigenvalue weighted by Crippen LogP contribution is -2.35. The molecule has 0 bridgehead atoms. The first-order valence-electron chi connectivity index (χ1n) is 6.50. The van der Waals surface area contributed by atoms with Gasteiger partial charge < -0.3 is 10.2 Å². The fourth-order valence-corrected chi connectivity index (χ4v) is 2.13. The van der Waals surface area contributed by atoms with Crippen LogP contribution >= 0.6 is 0 Å². The van der Waals surface area contributed by atoms with Gasteiger partial charge in [-0.3, -0.25) is 15.0 Å². The maximum absolute atomic E-state index is 12.3. The van der Waals surface area contributed by atoms with Gasteiger partial charge >= 0.3 is 0 Å². The fraction of sp³-hybridized carbons (Fsp3) is 0. The zero-order chi connectivity index (χ0) is 15.7. The molecule has 1 aliphatic rings. The maximum atomic E-state index is 12.3. The minimum absolute atomic E-state index is 0.0927. The summed E-state index contributed by atoms with van der Waals surface area (Å²) in [5.41, 5.74) is 3.18. The minimum Gasteiger partial charge on any atom is -0.508 e. The third kappa shape index (κ3) is 2.37. The Morgan fingerprint density at radius 2 is 1.73 bits per heavy atom. The van der Waals surface area contributed by atoms with Gasteiger partial charge in [-0.1, -0.05) is 18.2 Å². The third-order valence-electron chi connectivity index (χ3n) is 3.22. The van der Waals surface area contributed by atoms with E-state index in [2.05, 4.69) is 5.43 Å². The number of benzene rings is 2. The van der Waals surface area contributed by atoms with Crippen LogP contribution in [0.5, 0.6) is 11.5 Å². The quantitative estimate of drug-likeness (QED) is 0.579. The van der Waals surface area contributed by atoms with E-state index >= 15 is 0 Å². The Kier molecular flexibility index (Phi) is 3.27. The van der Waals surface area contributed by atoms with E-state index in [-0.39, 0.29) is 22.6 Å². The summed E-state index contributed by atoms with van der Waals surface area (Å²) in [4.78, 5) is 24.3. The SMILES string of the molecule is O=C1NN(c2ccccc2)C(=O)/C1=C/c1ccc(O)cc1O. The van der Waals surface area contributed by atoms with E-state index in [0.717, 1.165) is 11.1 Å². The number of para-hydroxylation sites is 1. The second-order valence-corrected chi connectivity index (χ2v) is 4.72. The lowest BCUT2D eigenvalue weighted by molar-refractivity contribution is -0.117. The van der Waals surface area contributed by atoms with Gasteiger partial charge in [0.1, 0.15) is 17.1 Å². The molecule has 0 atom stereocenters. The number of rotatable bonds is 2. The highest BCUT2D eigenvalue weighted by Gasteiger charge is 2.34. The standard InChI is InChI=1S/C16H12N2O4/c19-12-7-6-10(14(20)9-12)8-13-15(21)17-18(16(13)22)11-4-2-1-3-5-11/h1-9,19-20H,(H,17,21)/b13-8+. The second-order valence-electron chi connectivity index (χ2n) is 4.72. The normalized spacial score (nSPS) is 16.2. The maximum Gasteiger partial charge on any atom is 0.282 e. The van der Waals surface area contributed by atoms with Crippen molar-refractivity contribution >= 4 is 23.6 Å². The Bertz CT molecular complexity index is 784. The van der Waals surface area contributed by atoms with Crippen molar-refractivity contribution in [2.24, 2.45) is 0 Å². The largest absolute Gasteiger partial charge is 0.508 e. The number of phenolic OH excluding ortho intramolecular Hbond substituents is 2. The molecule has 0 saturated carbocycles. The van der Waals surface area contributed by atoms with Gasteiger partial charge in [0.2, 0.25) is 0 Å². The first-order chi connectivity index (χ1) is 10.6. The van der Waals surface area contributed by atoms with Crippen LogP contribution in [0.2, 0.25) is 0 Å². The summed E-state index contributed by atoms with van der Waals surface area (Å²) in [6.07, 6.45) is 1.29. The number of anilines is 1. The van der Waals surface area contributed by atoms with E-state index in [4.69, 9.17) is 0 Å². The summed E-state index contributed by atoms with van der Waals surface area (Å²) in [6, 6.07) is 12.6. The van der Waals surface area contributed by atoms with Crippen LogP contribution in [-0.2, 0) is 9.59 Å². The summed E-state index contributed by atoms with van der Waals surface area (Å²) in [5, 5.41) is 20.1. The van der Waals surface area contributed by atoms with Crippen LogP contribution in [0.4, 0.5) is 5.69 Å². The van der Waals surface area contributed by atoms with E-state index in [9.17, 15) is 19.8 Å². The van der Waals surface area contributed by atoms with E-state index in [0.29, 0.717) is 5.69 Å². The van der Waals surface area contributed by atoms with Crippen molar-refractivity contribution in [1.29, 1.82) is 0 Å². The number of carbonyl (C=O) groups is 2. The van der Waals surface area contributed by atoms with Crippen molar-refractivity contribution in [3.63, 3.8) is 0 Å². The average Bonchev–Trinajstić information content (AvgIpc) is 2.79. The zero-order valence-corrected chi connectivity index (χ0v) is 11.4. The molecule has 0 spiro atoms. The molecule has 0 aromatic heterocycles. The van der Waals surface area contributed by atoms with Gasteiger partial charge in [-0.05, 0) is 30.3 Å². The van der Waals surface area contributed by atoms with Crippen molar-refractivity contribution in [1.82, 2.24) is 5.43 Å². The number of amides is 2. The number of hydrazine groups is 1. The molecular formula is C16H12N2O4. The smallest absolute Gasteiger partial charge is 0.282 e. The summed E-state index contributed by atoms with van der Waals surface area (Å²) < 4.78 is 0. The topological polar surface area (TPSA) is 89.9 Å². The zero-order valence-electron chi connectivity index (χ0n) is 11.4. The van der Waals surface area contributed by atoms with Gasteiger partial charge in [-0.15, -0.1) is 0 Å². The lowest BCUT2D eigenvalue weighted by atomic mass is 10.1. The molecule has 0 aliphatic carbocycles. The van der Waals surface area contributed by atoms with Gasteiger partial charge in [0.05, 0.1) is 5.69 Å². The van der Waals surface area contributed by atoms with Crippen LogP contribution in [0.3, 0.4) is 0 Å². The van der Waals surface area contributed by atoms with Gasteiger partial charge in [-0.2, -0.15) is 0 Å². The van der Waals surface area contributed by atoms with Crippen molar-refractivity contribution in [2.75, 3.05) is 5.01 Å². The molecule has 2 aromatic rings. The molecule has 1 saturated heterocycles. The molecule has 6 nitrogen and oxygen atoms in total. The Hall–Kier alpha value is -3.28. The van der Waals surface area contributed by atoms with Crippen molar-refractivity contribution in [2.45, 2.75) is 0 Å². The Morgan fingerprint density at radius 1 is 1.00 bits per heavy atom. The molecule has 0 unspecified atom stereocenters. The molecule has 3 rings (SSSR count). The Labute approximate surface area is 125 Å². The molecule has 3 N–H and O–H groups in total. The number of nitrogens with one attached hydrogen (secondary N) is 1. The predicted octanol–water partition coefficient (Wildman–Crippen LogP) is 1.56. The van der Waals surface area contributed by atoms with Gasteiger partial charge in [0.15, 0.2) is 0 Å². The number of hydrogen-bond donors (Lipinski definition) is 3. The Balaban J connectivity index is 1.96. The lowest BCUT2D eigenvalue weighted by Gasteiger charge is -2.13. The second kappa shape index (κ2) is 5.25. The summed E-state index contributed by atoms with van der Waals surface area (Å²) >= 11 is 0. The molecule has 1 aliphatic heterocycles. The van der Waals surface area contributed by atoms with Crippen molar-refractivity contribution < 1.29 is 19.8 Å². The molecule has 1 fully saturated rings. The highest BCUT2D eigenvalue weighted by atomic mass is 16.3. The molecule has 1 heterocycles. The van der Waals surface area contributed by atoms with E-state index in [1.54, 1.807) is 30.3 Å². The predicted molar refractivity (Wildman–Crippen MR) is 79.8 cm³/mol. The van der Waals surface area contributed by atoms with Gasteiger partial charge in [0, 0.05) is 11.6 Å². The van der Waals surface area contributed by atoms with Crippen LogP contribution in [0, 0.1) is 0 Å². The molecule has 0 radical (unpaired) electrons. The van der Waals surface area contributed by atoms with Crippen molar-refractivity contribution in [3.8, 4) is 11.5 Å². The first kappa shape index (κ1) is 13.7. The van der Waals surface area contributed by atoms with E-state index < -0.39 is 11.8 Å². The van der Waals surface area contributed by atoms with Crippen LogP contribution in [0.1, 0.15) is 5.56 Å². The number of nitrogens with zero attached hydrogens (tertiary/aromatic N) is 1. The van der Waals surface area contributed by atoms with Crippen LogP contribution in [0.25, 0.3) is 6.08 Å². The minimum atomic E-state index is -0.554. The molecule has 2 amide bonds. The number of hydrogen-bond acceptors (Lipinski definition) is 4. The number of aromatic hydroxyl groups is 2. The highest BCUT2D eigenvalue weighted by Crippen LogP contribution is 2.27.